The Bertz CT molecular complexity index is 170. The lowest BCUT2D eigenvalue weighted by Gasteiger charge is -2.32. The van der Waals surface area contributed by atoms with E-state index in [9.17, 15) is 0 Å². The summed E-state index contributed by atoms with van der Waals surface area (Å²) in [4.78, 5) is 0. The van der Waals surface area contributed by atoms with E-state index in [1.807, 2.05) is 0 Å². The van der Waals surface area contributed by atoms with Crippen molar-refractivity contribution in [1.29, 1.82) is 0 Å². The molecule has 0 aromatic rings. The van der Waals surface area contributed by atoms with Gasteiger partial charge in [-0.3, -0.25) is 0 Å². The average Bonchev–Trinajstić information content (AvgIpc) is 2.29. The summed E-state index contributed by atoms with van der Waals surface area (Å²) in [6, 6.07) is 0.472. The van der Waals surface area contributed by atoms with Crippen LogP contribution in [0, 0.1) is 17.8 Å². The maximum absolute atomic E-state index is 6.37. The van der Waals surface area contributed by atoms with Crippen LogP contribution in [0.4, 0.5) is 0 Å². The highest BCUT2D eigenvalue weighted by Gasteiger charge is 2.25. The van der Waals surface area contributed by atoms with Crippen molar-refractivity contribution in [3.8, 4) is 0 Å². The summed E-state index contributed by atoms with van der Waals surface area (Å²) in [7, 11) is 0. The van der Waals surface area contributed by atoms with Gasteiger partial charge >= 0.3 is 0 Å². The van der Waals surface area contributed by atoms with Crippen LogP contribution in [-0.4, -0.2) is 6.04 Å². The lowest BCUT2D eigenvalue weighted by Crippen LogP contribution is -2.34. The van der Waals surface area contributed by atoms with Gasteiger partial charge in [-0.25, -0.2) is 0 Å². The Morgan fingerprint density at radius 3 is 2.25 bits per heavy atom. The molecule has 0 aromatic carbocycles. The minimum atomic E-state index is 0.472. The fraction of sp³-hybridized carbons (Fsp3) is 1.00. The molecule has 16 heavy (non-hydrogen) atoms. The van der Waals surface area contributed by atoms with Gasteiger partial charge in [0.15, 0.2) is 0 Å². The van der Waals surface area contributed by atoms with Crippen molar-refractivity contribution in [3.05, 3.63) is 0 Å². The third-order valence-corrected chi connectivity index (χ3v) is 4.53. The molecule has 2 unspecified atom stereocenters. The Labute approximate surface area is 102 Å². The van der Waals surface area contributed by atoms with E-state index in [2.05, 4.69) is 20.8 Å². The van der Waals surface area contributed by atoms with Crippen molar-refractivity contribution in [3.63, 3.8) is 0 Å². The molecule has 0 spiro atoms. The van der Waals surface area contributed by atoms with Gasteiger partial charge in [-0.05, 0) is 37.0 Å². The van der Waals surface area contributed by atoms with Crippen LogP contribution in [0.25, 0.3) is 0 Å². The standard InChI is InChI=1S/C15H31N/c1-4-6-12(3)11-15(16)14-9-7-13(5-2)8-10-14/h12-15H,4-11,16H2,1-3H3. The number of rotatable bonds is 6. The average molecular weight is 225 g/mol. The van der Waals surface area contributed by atoms with Crippen LogP contribution in [0.5, 0.6) is 0 Å². The molecule has 0 bridgehead atoms. The van der Waals surface area contributed by atoms with E-state index in [0.717, 1.165) is 17.8 Å². The van der Waals surface area contributed by atoms with Crippen molar-refractivity contribution in [1.82, 2.24) is 0 Å². The van der Waals surface area contributed by atoms with E-state index < -0.39 is 0 Å². The molecule has 0 amide bonds. The second-order valence-corrected chi connectivity index (χ2v) is 5.98. The van der Waals surface area contributed by atoms with Gasteiger partial charge in [-0.2, -0.15) is 0 Å². The molecule has 1 nitrogen and oxygen atoms in total. The van der Waals surface area contributed by atoms with Crippen LogP contribution in [0.15, 0.2) is 0 Å². The quantitative estimate of drug-likeness (QED) is 0.714. The van der Waals surface area contributed by atoms with Crippen LogP contribution in [0.3, 0.4) is 0 Å². The zero-order chi connectivity index (χ0) is 12.0. The molecule has 1 fully saturated rings. The molecule has 0 heterocycles. The highest BCUT2D eigenvalue weighted by Crippen LogP contribution is 2.33. The summed E-state index contributed by atoms with van der Waals surface area (Å²) in [5, 5.41) is 0. The van der Waals surface area contributed by atoms with Crippen LogP contribution >= 0.6 is 0 Å². The highest BCUT2D eigenvalue weighted by molar-refractivity contribution is 4.80. The fourth-order valence-electron chi connectivity index (χ4n) is 3.29. The normalized spacial score (nSPS) is 30.0. The van der Waals surface area contributed by atoms with Crippen LogP contribution in [-0.2, 0) is 0 Å². The third kappa shape index (κ3) is 4.45. The monoisotopic (exact) mass is 225 g/mol. The molecule has 2 atom stereocenters. The minimum absolute atomic E-state index is 0.472. The molecular weight excluding hydrogens is 194 g/mol. The first-order chi connectivity index (χ1) is 7.67. The predicted octanol–water partition coefficient (Wildman–Crippen LogP) is 4.36. The van der Waals surface area contributed by atoms with Crippen molar-refractivity contribution < 1.29 is 0 Å². The Balaban J connectivity index is 2.24. The molecule has 1 aliphatic carbocycles. The van der Waals surface area contributed by atoms with E-state index in [1.165, 1.54) is 51.4 Å². The molecule has 1 rings (SSSR count). The first kappa shape index (κ1) is 14.0. The zero-order valence-electron chi connectivity index (χ0n) is 11.5. The topological polar surface area (TPSA) is 26.0 Å². The second-order valence-electron chi connectivity index (χ2n) is 5.98. The van der Waals surface area contributed by atoms with Gasteiger partial charge in [0.2, 0.25) is 0 Å². The summed E-state index contributed by atoms with van der Waals surface area (Å²) in [5.74, 6) is 2.64. The largest absolute Gasteiger partial charge is 0.327 e. The molecule has 0 saturated heterocycles. The first-order valence-corrected chi connectivity index (χ1v) is 7.42. The van der Waals surface area contributed by atoms with Gasteiger partial charge in [0.05, 0.1) is 0 Å². The summed E-state index contributed by atoms with van der Waals surface area (Å²) in [6.45, 7) is 6.96. The zero-order valence-corrected chi connectivity index (χ0v) is 11.5. The molecule has 0 aliphatic heterocycles. The van der Waals surface area contributed by atoms with E-state index >= 15 is 0 Å². The third-order valence-electron chi connectivity index (χ3n) is 4.53. The Morgan fingerprint density at radius 2 is 1.75 bits per heavy atom. The SMILES string of the molecule is CCCC(C)CC(N)C1CCC(CC)CC1. The second kappa shape index (κ2) is 7.32. The summed E-state index contributed by atoms with van der Waals surface area (Å²) in [6.07, 6.45) is 10.9. The van der Waals surface area contributed by atoms with Gasteiger partial charge in [-0.15, -0.1) is 0 Å². The van der Waals surface area contributed by atoms with Gasteiger partial charge in [0.1, 0.15) is 0 Å². The van der Waals surface area contributed by atoms with Gasteiger partial charge in [-0.1, -0.05) is 52.9 Å². The van der Waals surface area contributed by atoms with Gasteiger partial charge < -0.3 is 5.73 Å². The van der Waals surface area contributed by atoms with E-state index in [0.29, 0.717) is 6.04 Å². The highest BCUT2D eigenvalue weighted by atomic mass is 14.7. The summed E-state index contributed by atoms with van der Waals surface area (Å²) in [5.41, 5.74) is 6.37. The number of hydrogen-bond acceptors (Lipinski definition) is 1. The van der Waals surface area contributed by atoms with Crippen LogP contribution in [0.1, 0.15) is 72.1 Å². The van der Waals surface area contributed by atoms with Gasteiger partial charge in [0, 0.05) is 6.04 Å². The number of nitrogens with two attached hydrogens (primary N) is 1. The molecule has 96 valence electrons. The minimum Gasteiger partial charge on any atom is -0.327 e. The van der Waals surface area contributed by atoms with E-state index in [4.69, 9.17) is 5.73 Å². The van der Waals surface area contributed by atoms with E-state index in [1.54, 1.807) is 0 Å². The lowest BCUT2D eigenvalue weighted by molar-refractivity contribution is 0.220. The smallest absolute Gasteiger partial charge is 0.00697 e. The van der Waals surface area contributed by atoms with Crippen molar-refractivity contribution in [2.24, 2.45) is 23.5 Å². The maximum Gasteiger partial charge on any atom is 0.00697 e. The van der Waals surface area contributed by atoms with Crippen LogP contribution < -0.4 is 5.73 Å². The molecular formula is C15H31N. The van der Waals surface area contributed by atoms with Crippen molar-refractivity contribution in [2.45, 2.75) is 78.2 Å². The summed E-state index contributed by atoms with van der Waals surface area (Å²) >= 11 is 0. The van der Waals surface area contributed by atoms with Crippen LogP contribution in [0.2, 0.25) is 0 Å². The summed E-state index contributed by atoms with van der Waals surface area (Å²) < 4.78 is 0. The number of hydrogen-bond donors (Lipinski definition) is 1. The maximum atomic E-state index is 6.37. The van der Waals surface area contributed by atoms with Crippen molar-refractivity contribution >= 4 is 0 Å². The fourth-order valence-corrected chi connectivity index (χ4v) is 3.29. The molecule has 2 N–H and O–H groups in total. The van der Waals surface area contributed by atoms with Gasteiger partial charge in [0.25, 0.3) is 0 Å². The lowest BCUT2D eigenvalue weighted by atomic mass is 9.76. The molecule has 0 radical (unpaired) electrons. The Kier molecular flexibility index (Phi) is 6.41. The molecule has 1 aliphatic rings. The molecule has 0 aromatic heterocycles. The Morgan fingerprint density at radius 1 is 1.12 bits per heavy atom. The molecule has 1 saturated carbocycles. The van der Waals surface area contributed by atoms with E-state index in [-0.39, 0.29) is 0 Å². The molecule has 1 heteroatoms. The predicted molar refractivity (Wildman–Crippen MR) is 72.4 cm³/mol. The Hall–Kier alpha value is -0.0400. The van der Waals surface area contributed by atoms with Crippen molar-refractivity contribution in [2.75, 3.05) is 0 Å². The first-order valence-electron chi connectivity index (χ1n) is 7.42.